The number of hydrogen-bond acceptors (Lipinski definition) is 9. The standard InChI is InChI=1S/C33H51N5O8S/c1-10-23-18-33(23,30(41)36-47(9)43)35-28(39)25-17-24-20-38(25)29(40)27(32(5,6)7)34-31(42)45-16-14-12-13-15-44-26(11-2)21(3)19-37(8)22(4)46-24/h11-13,23-25,27H,3-4,10,14-20H2,1-2,5-9H3,(H,34,42)(H,35,39)(H,36,41). The van der Waals surface area contributed by atoms with Gasteiger partial charge < -0.3 is 34.6 Å². The number of hydrogen-bond donors (Lipinski definition) is 3. The Hall–Kier alpha value is -3.81. The molecule has 3 rings (SSSR count). The van der Waals surface area contributed by atoms with Gasteiger partial charge in [-0.25, -0.2) is 9.00 Å². The number of likely N-dealkylation sites (N-methyl/N-ethyl adjacent to an activating group) is 1. The molecule has 3 aliphatic rings. The number of rotatable bonds is 5. The Kier molecular flexibility index (Phi) is 12.7. The van der Waals surface area contributed by atoms with Crippen LogP contribution in [0, 0.1) is 11.3 Å². The minimum Gasteiger partial charge on any atom is -0.490 e. The number of alkyl carbamates (subject to hydrolysis) is 1. The molecule has 14 heteroatoms. The molecule has 2 aliphatic heterocycles. The normalized spacial score (nSPS) is 29.6. The number of nitrogens with one attached hydrogen (secondary N) is 3. The minimum absolute atomic E-state index is 0.0252. The number of fused-ring (bicyclic) bond motifs is 2. The zero-order chi connectivity index (χ0) is 35.1. The fraction of sp³-hybridized carbons (Fsp3) is 0.636. The monoisotopic (exact) mass is 677 g/mol. The Morgan fingerprint density at radius 1 is 1.21 bits per heavy atom. The summed E-state index contributed by atoms with van der Waals surface area (Å²) < 4.78 is 31.7. The number of cyclic esters (lactones) is 1. The second-order valence-electron chi connectivity index (χ2n) is 13.3. The van der Waals surface area contributed by atoms with Gasteiger partial charge in [0.15, 0.2) is 5.88 Å². The zero-order valence-corrected chi connectivity index (χ0v) is 29.5. The largest absolute Gasteiger partial charge is 0.490 e. The van der Waals surface area contributed by atoms with Crippen LogP contribution in [0.15, 0.2) is 48.6 Å². The molecular weight excluding hydrogens is 626 g/mol. The Labute approximate surface area is 280 Å². The van der Waals surface area contributed by atoms with Crippen LogP contribution >= 0.6 is 0 Å². The predicted octanol–water partition coefficient (Wildman–Crippen LogP) is 2.65. The van der Waals surface area contributed by atoms with E-state index in [1.165, 1.54) is 11.2 Å². The minimum atomic E-state index is -1.62. The van der Waals surface area contributed by atoms with E-state index in [-0.39, 0.29) is 25.5 Å². The summed E-state index contributed by atoms with van der Waals surface area (Å²) in [7, 11) is 0.169. The molecule has 0 spiro atoms. The number of allylic oxidation sites excluding steroid dienone is 1. The van der Waals surface area contributed by atoms with Crippen LogP contribution in [0.3, 0.4) is 0 Å². The Morgan fingerprint density at radius 2 is 1.91 bits per heavy atom. The molecule has 3 N–H and O–H groups in total. The highest BCUT2D eigenvalue weighted by atomic mass is 32.2. The first-order valence-electron chi connectivity index (χ1n) is 15.9. The van der Waals surface area contributed by atoms with Crippen molar-refractivity contribution in [2.24, 2.45) is 11.3 Å². The third-order valence-electron chi connectivity index (χ3n) is 8.60. The first-order valence-corrected chi connectivity index (χ1v) is 17.5. The van der Waals surface area contributed by atoms with E-state index in [0.717, 1.165) is 0 Å². The van der Waals surface area contributed by atoms with Crippen molar-refractivity contribution in [3.8, 4) is 0 Å². The van der Waals surface area contributed by atoms with Crippen molar-refractivity contribution in [2.75, 3.05) is 39.6 Å². The van der Waals surface area contributed by atoms with Gasteiger partial charge in [0, 0.05) is 31.8 Å². The molecule has 0 aromatic heterocycles. The predicted molar refractivity (Wildman–Crippen MR) is 179 cm³/mol. The number of ether oxygens (including phenoxy) is 3. The van der Waals surface area contributed by atoms with Crippen LogP contribution in [-0.4, -0.2) is 101 Å². The van der Waals surface area contributed by atoms with Crippen molar-refractivity contribution in [1.29, 1.82) is 0 Å². The highest BCUT2D eigenvalue weighted by Gasteiger charge is 2.61. The topological polar surface area (TPSA) is 156 Å². The molecule has 13 nitrogen and oxygen atoms in total. The van der Waals surface area contributed by atoms with Crippen LogP contribution in [-0.2, 0) is 39.6 Å². The second kappa shape index (κ2) is 15.9. The van der Waals surface area contributed by atoms with Crippen LogP contribution in [0.5, 0.6) is 0 Å². The quantitative estimate of drug-likeness (QED) is 0.373. The summed E-state index contributed by atoms with van der Waals surface area (Å²) in [6.45, 7) is 18.1. The third kappa shape index (κ3) is 9.61. The van der Waals surface area contributed by atoms with Gasteiger partial charge >= 0.3 is 6.09 Å². The van der Waals surface area contributed by atoms with Crippen molar-refractivity contribution in [3.63, 3.8) is 0 Å². The van der Waals surface area contributed by atoms with E-state index < -0.39 is 63.9 Å². The van der Waals surface area contributed by atoms with Crippen LogP contribution in [0.25, 0.3) is 0 Å². The van der Waals surface area contributed by atoms with Gasteiger partial charge in [-0.3, -0.25) is 19.1 Å². The lowest BCUT2D eigenvalue weighted by atomic mass is 9.85. The molecule has 0 aromatic carbocycles. The molecule has 6 atom stereocenters. The van der Waals surface area contributed by atoms with E-state index in [0.29, 0.717) is 49.6 Å². The molecule has 2 heterocycles. The smallest absolute Gasteiger partial charge is 0.407 e. The first-order chi connectivity index (χ1) is 22.0. The highest BCUT2D eigenvalue weighted by Crippen LogP contribution is 2.46. The first kappa shape index (κ1) is 37.6. The zero-order valence-electron chi connectivity index (χ0n) is 28.7. The summed E-state index contributed by atoms with van der Waals surface area (Å²) in [5.74, 6) is -0.800. The SMILES string of the molecule is C=C1CN(C)C(=C)OC2CC(C(=O)NC3(C(=O)NS(C)=O)CC3CC)N(C2)C(=O)C(C(C)(C)C)NC(=O)OCCC=CCOC1=CC. The summed E-state index contributed by atoms with van der Waals surface area (Å²) in [5, 5.41) is 5.60. The highest BCUT2D eigenvalue weighted by molar-refractivity contribution is 7.82. The lowest BCUT2D eigenvalue weighted by Crippen LogP contribution is -2.60. The summed E-state index contributed by atoms with van der Waals surface area (Å²) in [5.41, 5.74) is -1.29. The fourth-order valence-corrected chi connectivity index (χ4v) is 6.30. The number of carbonyl (C=O) groups excluding carboxylic acids is 4. The molecule has 1 aliphatic carbocycles. The number of nitrogens with zero attached hydrogens (tertiary/aromatic N) is 2. The van der Waals surface area contributed by atoms with Gasteiger partial charge in [0.25, 0.3) is 5.91 Å². The van der Waals surface area contributed by atoms with Crippen molar-refractivity contribution < 1.29 is 37.6 Å². The van der Waals surface area contributed by atoms with Crippen molar-refractivity contribution >= 4 is 34.8 Å². The molecule has 4 amide bonds. The molecule has 47 heavy (non-hydrogen) atoms. The van der Waals surface area contributed by atoms with Gasteiger partial charge in [-0.2, -0.15) is 0 Å². The van der Waals surface area contributed by atoms with E-state index in [1.807, 2.05) is 32.1 Å². The van der Waals surface area contributed by atoms with E-state index in [1.54, 1.807) is 32.7 Å². The molecule has 6 unspecified atom stereocenters. The van der Waals surface area contributed by atoms with Crippen LogP contribution in [0.2, 0.25) is 0 Å². The number of carbonyl (C=O) groups is 4. The molecule has 1 saturated carbocycles. The fourth-order valence-electron chi connectivity index (χ4n) is 5.85. The summed E-state index contributed by atoms with van der Waals surface area (Å²) in [6.07, 6.45) is 6.96. The van der Waals surface area contributed by atoms with Gasteiger partial charge in [0.05, 0.1) is 13.2 Å². The lowest BCUT2D eigenvalue weighted by Gasteiger charge is -2.35. The Bertz CT molecular complexity index is 1320. The molecule has 0 radical (unpaired) electrons. The van der Waals surface area contributed by atoms with Gasteiger partial charge in [-0.15, -0.1) is 0 Å². The Balaban J connectivity index is 1.94. The summed E-state index contributed by atoms with van der Waals surface area (Å²) >= 11 is 0. The third-order valence-corrected chi connectivity index (χ3v) is 9.07. The van der Waals surface area contributed by atoms with Crippen molar-refractivity contribution in [3.05, 3.63) is 48.6 Å². The van der Waals surface area contributed by atoms with Crippen LogP contribution in [0.1, 0.15) is 60.3 Å². The average molecular weight is 678 g/mol. The maximum atomic E-state index is 14.3. The summed E-state index contributed by atoms with van der Waals surface area (Å²) in [4.78, 5) is 57.3. The maximum Gasteiger partial charge on any atom is 0.407 e. The van der Waals surface area contributed by atoms with E-state index >= 15 is 0 Å². The molecule has 2 bridgehead atoms. The van der Waals surface area contributed by atoms with Gasteiger partial charge in [0.2, 0.25) is 11.8 Å². The Morgan fingerprint density at radius 3 is 2.51 bits per heavy atom. The van der Waals surface area contributed by atoms with Crippen molar-refractivity contribution in [2.45, 2.75) is 84.0 Å². The second-order valence-corrected chi connectivity index (χ2v) is 14.4. The average Bonchev–Trinajstić information content (AvgIpc) is 3.54. The molecule has 0 aromatic rings. The van der Waals surface area contributed by atoms with Crippen LogP contribution in [0.4, 0.5) is 4.79 Å². The summed E-state index contributed by atoms with van der Waals surface area (Å²) in [6, 6.07) is -2.07. The van der Waals surface area contributed by atoms with Crippen molar-refractivity contribution in [1.82, 2.24) is 25.2 Å². The van der Waals surface area contributed by atoms with Gasteiger partial charge in [-0.1, -0.05) is 52.8 Å². The molecule has 262 valence electrons. The van der Waals surface area contributed by atoms with Crippen LogP contribution < -0.4 is 15.4 Å². The lowest BCUT2D eigenvalue weighted by molar-refractivity contribution is -0.143. The molecule has 1 saturated heterocycles. The van der Waals surface area contributed by atoms with E-state index in [4.69, 9.17) is 14.2 Å². The van der Waals surface area contributed by atoms with E-state index in [2.05, 4.69) is 28.5 Å². The van der Waals surface area contributed by atoms with Gasteiger partial charge in [-0.05, 0) is 43.8 Å². The number of amides is 4. The maximum absolute atomic E-state index is 14.3. The van der Waals surface area contributed by atoms with E-state index in [9.17, 15) is 23.4 Å². The molecule has 2 fully saturated rings. The molecular formula is C33H51N5O8S. The van der Waals surface area contributed by atoms with Gasteiger partial charge in [0.1, 0.15) is 47.1 Å².